The number of carbonyl (C=O) groups is 2. The summed E-state index contributed by atoms with van der Waals surface area (Å²) in [7, 11) is 0. The van der Waals surface area contributed by atoms with Crippen molar-refractivity contribution < 1.29 is 24.7 Å². The fraction of sp³-hybridized carbons (Fsp3) is 0.375. The highest BCUT2D eigenvalue weighted by Gasteiger charge is 2.15. The number of amides is 1. The quantitative estimate of drug-likeness (QED) is 0.409. The van der Waals surface area contributed by atoms with Gasteiger partial charge >= 0.3 is 11.7 Å². The van der Waals surface area contributed by atoms with Crippen LogP contribution in [0.5, 0.6) is 0 Å². The molecule has 1 aromatic heterocycles. The van der Waals surface area contributed by atoms with E-state index in [4.69, 9.17) is 10.2 Å². The molecule has 1 heterocycles. The number of carbonyl (C=O) groups excluding carboxylic acids is 1. The van der Waals surface area contributed by atoms with Crippen molar-refractivity contribution >= 4 is 17.6 Å². The Morgan fingerprint density at radius 1 is 1.61 bits per heavy atom. The van der Waals surface area contributed by atoms with Crippen molar-refractivity contribution in [2.75, 3.05) is 6.54 Å². The van der Waals surface area contributed by atoms with Gasteiger partial charge in [0.05, 0.1) is 11.5 Å². The van der Waals surface area contributed by atoms with E-state index in [1.807, 2.05) is 0 Å². The molecule has 0 saturated heterocycles. The van der Waals surface area contributed by atoms with Crippen LogP contribution in [0.15, 0.2) is 12.4 Å². The summed E-state index contributed by atoms with van der Waals surface area (Å²) in [6.45, 7) is -0.752. The van der Waals surface area contributed by atoms with E-state index in [9.17, 15) is 19.7 Å². The first-order valence-electron chi connectivity index (χ1n) is 4.74. The third-order valence-electron chi connectivity index (χ3n) is 1.91. The van der Waals surface area contributed by atoms with E-state index in [-0.39, 0.29) is 12.2 Å². The van der Waals surface area contributed by atoms with Crippen LogP contribution >= 0.6 is 0 Å². The molecule has 0 bridgehead atoms. The lowest BCUT2D eigenvalue weighted by atomic mass is 10.3. The highest BCUT2D eigenvalue weighted by molar-refractivity contribution is 5.77. The van der Waals surface area contributed by atoms with E-state index < -0.39 is 29.4 Å². The molecule has 18 heavy (non-hydrogen) atoms. The van der Waals surface area contributed by atoms with Crippen molar-refractivity contribution in [3.8, 4) is 0 Å². The van der Waals surface area contributed by atoms with Crippen molar-refractivity contribution in [3.63, 3.8) is 0 Å². The van der Waals surface area contributed by atoms with Gasteiger partial charge in [0.2, 0.25) is 5.91 Å². The normalized spacial score (nSPS) is 11.8. The number of aliphatic hydroxyl groups excluding tert-OH is 1. The van der Waals surface area contributed by atoms with Gasteiger partial charge in [0.25, 0.3) is 0 Å². The summed E-state index contributed by atoms with van der Waals surface area (Å²) in [6.07, 6.45) is 0.355. The van der Waals surface area contributed by atoms with Gasteiger partial charge in [0.15, 0.2) is 6.10 Å². The third-order valence-corrected chi connectivity index (χ3v) is 1.91. The van der Waals surface area contributed by atoms with E-state index in [0.717, 1.165) is 17.1 Å². The number of nitrogens with one attached hydrogen (secondary N) is 1. The van der Waals surface area contributed by atoms with Crippen molar-refractivity contribution in [1.29, 1.82) is 0 Å². The van der Waals surface area contributed by atoms with Crippen LogP contribution in [0, 0.1) is 10.1 Å². The van der Waals surface area contributed by atoms with Crippen LogP contribution in [0.2, 0.25) is 0 Å². The number of aliphatic carboxylic acids is 1. The van der Waals surface area contributed by atoms with Crippen molar-refractivity contribution in [1.82, 2.24) is 15.1 Å². The van der Waals surface area contributed by atoms with Crippen molar-refractivity contribution in [2.24, 2.45) is 0 Å². The summed E-state index contributed by atoms with van der Waals surface area (Å²) in [5.41, 5.74) is -0.256. The molecule has 10 nitrogen and oxygen atoms in total. The molecule has 0 spiro atoms. The SMILES string of the molecule is O=C(Cn1cc([N+](=O)[O-])cn1)NCC(O)C(=O)O. The zero-order valence-electron chi connectivity index (χ0n) is 9.02. The summed E-state index contributed by atoms with van der Waals surface area (Å²) in [5, 5.41) is 33.3. The number of rotatable bonds is 6. The van der Waals surface area contributed by atoms with Crippen LogP contribution in [0.4, 0.5) is 5.69 Å². The van der Waals surface area contributed by atoms with Gasteiger partial charge in [-0.3, -0.25) is 19.6 Å². The lowest BCUT2D eigenvalue weighted by Gasteiger charge is -2.07. The maximum Gasteiger partial charge on any atom is 0.334 e. The first kappa shape index (κ1) is 13.6. The van der Waals surface area contributed by atoms with E-state index in [1.165, 1.54) is 0 Å². The van der Waals surface area contributed by atoms with Gasteiger partial charge in [-0.05, 0) is 0 Å². The number of aliphatic hydroxyl groups is 1. The zero-order valence-corrected chi connectivity index (χ0v) is 9.02. The first-order chi connectivity index (χ1) is 8.40. The Labute approximate surface area is 100.0 Å². The Hall–Kier alpha value is -2.49. The summed E-state index contributed by atoms with van der Waals surface area (Å²) in [4.78, 5) is 31.2. The predicted molar refractivity (Wildman–Crippen MR) is 55.5 cm³/mol. The number of hydrogen-bond acceptors (Lipinski definition) is 6. The maximum absolute atomic E-state index is 11.3. The first-order valence-corrected chi connectivity index (χ1v) is 4.74. The van der Waals surface area contributed by atoms with Crippen LogP contribution < -0.4 is 5.32 Å². The minimum atomic E-state index is -1.69. The molecule has 98 valence electrons. The molecule has 1 amide bonds. The smallest absolute Gasteiger partial charge is 0.334 e. The van der Waals surface area contributed by atoms with Crippen molar-refractivity contribution in [3.05, 3.63) is 22.5 Å². The van der Waals surface area contributed by atoms with E-state index in [1.54, 1.807) is 0 Å². The van der Waals surface area contributed by atoms with Crippen LogP contribution in [0.25, 0.3) is 0 Å². The summed E-state index contributed by atoms with van der Waals surface area (Å²) in [6, 6.07) is 0. The van der Waals surface area contributed by atoms with Gasteiger partial charge in [-0.2, -0.15) is 5.10 Å². The standard InChI is InChI=1S/C8H10N4O6/c13-6(8(15)16)2-9-7(14)4-11-3-5(1-10-11)12(17)18/h1,3,6,13H,2,4H2,(H,9,14)(H,15,16). The average molecular weight is 258 g/mol. The fourth-order valence-corrected chi connectivity index (χ4v) is 1.03. The van der Waals surface area contributed by atoms with Gasteiger partial charge in [-0.1, -0.05) is 0 Å². The second kappa shape index (κ2) is 5.72. The Morgan fingerprint density at radius 3 is 2.78 bits per heavy atom. The van der Waals surface area contributed by atoms with Crippen LogP contribution in [-0.2, 0) is 16.1 Å². The number of aromatic nitrogens is 2. The molecule has 0 aliphatic heterocycles. The molecule has 0 aromatic carbocycles. The van der Waals surface area contributed by atoms with Crippen molar-refractivity contribution in [2.45, 2.75) is 12.6 Å². The van der Waals surface area contributed by atoms with Crippen LogP contribution in [0.1, 0.15) is 0 Å². The summed E-state index contributed by atoms with van der Waals surface area (Å²) < 4.78 is 1.03. The minimum Gasteiger partial charge on any atom is -0.479 e. The number of carboxylic acid groups (broad SMARTS) is 1. The predicted octanol–water partition coefficient (Wildman–Crippen LogP) is -1.65. The van der Waals surface area contributed by atoms with E-state index >= 15 is 0 Å². The highest BCUT2D eigenvalue weighted by Crippen LogP contribution is 2.07. The Morgan fingerprint density at radius 2 is 2.28 bits per heavy atom. The Bertz CT molecular complexity index is 470. The molecule has 3 N–H and O–H groups in total. The molecule has 0 saturated carbocycles. The molecule has 1 rings (SSSR count). The second-order valence-electron chi connectivity index (χ2n) is 3.31. The van der Waals surface area contributed by atoms with Gasteiger partial charge in [-0.25, -0.2) is 4.79 Å². The van der Waals surface area contributed by atoms with Gasteiger partial charge in [-0.15, -0.1) is 0 Å². The average Bonchev–Trinajstić information content (AvgIpc) is 2.74. The molecule has 10 heteroatoms. The summed E-state index contributed by atoms with van der Waals surface area (Å²) >= 11 is 0. The monoisotopic (exact) mass is 258 g/mol. The molecule has 1 unspecified atom stereocenters. The lowest BCUT2D eigenvalue weighted by Crippen LogP contribution is -2.38. The number of carboxylic acids is 1. The summed E-state index contributed by atoms with van der Waals surface area (Å²) in [5.74, 6) is -2.07. The van der Waals surface area contributed by atoms with E-state index in [0.29, 0.717) is 0 Å². The molecule has 0 radical (unpaired) electrons. The molecule has 0 fully saturated rings. The Balaban J connectivity index is 2.44. The zero-order chi connectivity index (χ0) is 13.7. The van der Waals surface area contributed by atoms with E-state index in [2.05, 4.69) is 10.4 Å². The largest absolute Gasteiger partial charge is 0.479 e. The second-order valence-corrected chi connectivity index (χ2v) is 3.31. The molecular formula is C8H10N4O6. The number of nitrogens with zero attached hydrogens (tertiary/aromatic N) is 3. The molecule has 1 atom stereocenters. The van der Waals surface area contributed by atoms with Gasteiger partial charge < -0.3 is 15.5 Å². The minimum absolute atomic E-state index is 0.256. The fourth-order valence-electron chi connectivity index (χ4n) is 1.03. The molecule has 0 aliphatic carbocycles. The maximum atomic E-state index is 11.3. The number of nitro groups is 1. The molecule has 0 aliphatic rings. The lowest BCUT2D eigenvalue weighted by molar-refractivity contribution is -0.385. The third kappa shape index (κ3) is 3.83. The topological polar surface area (TPSA) is 148 Å². The molecular weight excluding hydrogens is 248 g/mol. The van der Waals surface area contributed by atoms with Crippen LogP contribution in [-0.4, -0.2) is 49.4 Å². The number of hydrogen-bond donors (Lipinski definition) is 3. The Kier molecular flexibility index (Phi) is 4.32. The van der Waals surface area contributed by atoms with Gasteiger partial charge in [0, 0.05) is 0 Å². The van der Waals surface area contributed by atoms with Crippen LogP contribution in [0.3, 0.4) is 0 Å². The van der Waals surface area contributed by atoms with Gasteiger partial charge in [0.1, 0.15) is 18.9 Å². The highest BCUT2D eigenvalue weighted by atomic mass is 16.6. The molecule has 1 aromatic rings.